The van der Waals surface area contributed by atoms with Crippen molar-refractivity contribution in [3.8, 4) is 0 Å². The highest BCUT2D eigenvalue weighted by Crippen LogP contribution is 2.15. The predicted octanol–water partition coefficient (Wildman–Crippen LogP) is 3.70. The number of pyridine rings is 1. The number of halogens is 1. The van der Waals surface area contributed by atoms with Gasteiger partial charge in [0.1, 0.15) is 0 Å². The third-order valence-corrected chi connectivity index (χ3v) is 3.58. The Kier molecular flexibility index (Phi) is 4.31. The van der Waals surface area contributed by atoms with E-state index in [-0.39, 0.29) is 0 Å². The molecule has 4 nitrogen and oxygen atoms in total. The van der Waals surface area contributed by atoms with Crippen LogP contribution in [-0.4, -0.2) is 14.5 Å². The average Bonchev–Trinajstić information content (AvgIpc) is 3.00. The summed E-state index contributed by atoms with van der Waals surface area (Å²) in [5.74, 6) is 0. The van der Waals surface area contributed by atoms with E-state index in [2.05, 4.69) is 60.0 Å². The van der Waals surface area contributed by atoms with Crippen molar-refractivity contribution in [2.45, 2.75) is 13.1 Å². The highest BCUT2D eigenvalue weighted by atomic mass is 79.9. The van der Waals surface area contributed by atoms with Crippen LogP contribution in [0.15, 0.2) is 65.9 Å². The Balaban J connectivity index is 1.59. The van der Waals surface area contributed by atoms with Gasteiger partial charge in [-0.2, -0.15) is 0 Å². The molecule has 0 spiro atoms. The Morgan fingerprint density at radius 3 is 2.57 bits per heavy atom. The van der Waals surface area contributed by atoms with Crippen LogP contribution in [0.3, 0.4) is 0 Å². The van der Waals surface area contributed by atoms with Crippen LogP contribution in [0, 0.1) is 0 Å². The van der Waals surface area contributed by atoms with Crippen LogP contribution in [0.5, 0.6) is 0 Å². The van der Waals surface area contributed by atoms with E-state index < -0.39 is 0 Å². The van der Waals surface area contributed by atoms with E-state index in [9.17, 15) is 0 Å². The second kappa shape index (κ2) is 6.54. The molecule has 1 N–H and O–H groups in total. The third kappa shape index (κ3) is 3.92. The van der Waals surface area contributed by atoms with Crippen LogP contribution in [0.2, 0.25) is 0 Å². The fourth-order valence-corrected chi connectivity index (χ4v) is 2.43. The quantitative estimate of drug-likeness (QED) is 0.768. The van der Waals surface area contributed by atoms with E-state index in [1.165, 1.54) is 11.1 Å². The summed E-state index contributed by atoms with van der Waals surface area (Å²) in [5, 5.41) is 3.36. The van der Waals surface area contributed by atoms with E-state index in [0.29, 0.717) is 0 Å². The van der Waals surface area contributed by atoms with E-state index in [0.717, 1.165) is 23.2 Å². The second-order valence-corrected chi connectivity index (χ2v) is 5.71. The molecule has 3 aromatic rings. The fraction of sp³-hybridized carbons (Fsp3) is 0.125. The Morgan fingerprint density at radius 2 is 1.86 bits per heavy atom. The van der Waals surface area contributed by atoms with Crippen molar-refractivity contribution < 1.29 is 0 Å². The molecule has 2 heterocycles. The lowest BCUT2D eigenvalue weighted by Crippen LogP contribution is -2.01. The van der Waals surface area contributed by atoms with Crippen molar-refractivity contribution >= 4 is 21.6 Å². The van der Waals surface area contributed by atoms with Gasteiger partial charge >= 0.3 is 0 Å². The van der Waals surface area contributed by atoms with Crippen LogP contribution in [0.1, 0.15) is 11.1 Å². The molecule has 0 aliphatic carbocycles. The highest BCUT2D eigenvalue weighted by molar-refractivity contribution is 9.10. The van der Waals surface area contributed by atoms with Gasteiger partial charge in [0, 0.05) is 36.2 Å². The van der Waals surface area contributed by atoms with Gasteiger partial charge in [-0.15, -0.1) is 0 Å². The van der Waals surface area contributed by atoms with E-state index in [1.807, 2.05) is 24.8 Å². The molecule has 0 unspecified atom stereocenters. The molecule has 0 aliphatic rings. The summed E-state index contributed by atoms with van der Waals surface area (Å²) in [7, 11) is 0. The minimum absolute atomic E-state index is 0.781. The Labute approximate surface area is 132 Å². The maximum absolute atomic E-state index is 4.13. The number of benzene rings is 1. The van der Waals surface area contributed by atoms with Crippen molar-refractivity contribution in [3.05, 3.63) is 77.0 Å². The molecule has 0 radical (unpaired) electrons. The van der Waals surface area contributed by atoms with Crippen LogP contribution < -0.4 is 5.32 Å². The van der Waals surface area contributed by atoms with Crippen LogP contribution in [0.4, 0.5) is 5.69 Å². The van der Waals surface area contributed by atoms with Gasteiger partial charge in [-0.05, 0) is 33.1 Å². The summed E-state index contributed by atoms with van der Waals surface area (Å²) in [5.41, 5.74) is 3.51. The number of aromatic nitrogens is 3. The predicted molar refractivity (Wildman–Crippen MR) is 87.0 cm³/mol. The van der Waals surface area contributed by atoms with Gasteiger partial charge in [0.05, 0.1) is 18.2 Å². The van der Waals surface area contributed by atoms with Crippen LogP contribution in [-0.2, 0) is 13.1 Å². The molecular formula is C16H15BrN4. The molecule has 5 heteroatoms. The summed E-state index contributed by atoms with van der Waals surface area (Å²) < 4.78 is 3.03. The number of imidazole rings is 1. The van der Waals surface area contributed by atoms with Crippen molar-refractivity contribution in [3.63, 3.8) is 0 Å². The van der Waals surface area contributed by atoms with Gasteiger partial charge in [0.2, 0.25) is 0 Å². The third-order valence-electron chi connectivity index (χ3n) is 3.15. The summed E-state index contributed by atoms with van der Waals surface area (Å²) in [6.07, 6.45) is 9.18. The fourth-order valence-electron chi connectivity index (χ4n) is 2.07. The maximum Gasteiger partial charge on any atom is 0.0949 e. The number of hydrogen-bond acceptors (Lipinski definition) is 3. The first kappa shape index (κ1) is 13.8. The number of nitrogens with zero attached hydrogens (tertiary/aromatic N) is 3. The number of rotatable bonds is 5. The zero-order chi connectivity index (χ0) is 14.5. The maximum atomic E-state index is 4.13. The molecular weight excluding hydrogens is 328 g/mol. The summed E-state index contributed by atoms with van der Waals surface area (Å²) >= 11 is 3.42. The molecule has 2 aromatic heterocycles. The minimum Gasteiger partial charge on any atom is -0.380 e. The standard InChI is InChI=1S/C16H15BrN4/c17-15-7-16(10-19-9-15)20-8-13-1-3-14(4-2-13)11-21-6-5-18-12-21/h1-7,9-10,12,20H,8,11H2. The molecule has 106 valence electrons. The highest BCUT2D eigenvalue weighted by Gasteiger charge is 1.98. The smallest absolute Gasteiger partial charge is 0.0949 e. The van der Waals surface area contributed by atoms with E-state index in [1.54, 1.807) is 12.4 Å². The number of anilines is 1. The molecule has 1 aromatic carbocycles. The van der Waals surface area contributed by atoms with Gasteiger partial charge < -0.3 is 9.88 Å². The van der Waals surface area contributed by atoms with E-state index >= 15 is 0 Å². The molecule has 21 heavy (non-hydrogen) atoms. The largest absolute Gasteiger partial charge is 0.380 e. The molecule has 0 amide bonds. The zero-order valence-electron chi connectivity index (χ0n) is 11.4. The van der Waals surface area contributed by atoms with Gasteiger partial charge in [-0.1, -0.05) is 24.3 Å². The Morgan fingerprint density at radius 1 is 1.05 bits per heavy atom. The van der Waals surface area contributed by atoms with Gasteiger partial charge in [0.15, 0.2) is 0 Å². The van der Waals surface area contributed by atoms with Crippen LogP contribution in [0.25, 0.3) is 0 Å². The molecule has 3 rings (SSSR count). The van der Waals surface area contributed by atoms with Crippen molar-refractivity contribution in [2.75, 3.05) is 5.32 Å². The molecule has 0 atom stereocenters. The van der Waals surface area contributed by atoms with Crippen molar-refractivity contribution in [2.24, 2.45) is 0 Å². The summed E-state index contributed by atoms with van der Waals surface area (Å²) in [6, 6.07) is 10.6. The molecule has 0 fully saturated rings. The Hall–Kier alpha value is -2.14. The minimum atomic E-state index is 0.781. The molecule has 0 bridgehead atoms. The zero-order valence-corrected chi connectivity index (χ0v) is 13.0. The SMILES string of the molecule is Brc1cncc(NCc2ccc(Cn3ccnc3)cc2)c1. The molecule has 0 saturated carbocycles. The topological polar surface area (TPSA) is 42.7 Å². The van der Waals surface area contributed by atoms with Crippen molar-refractivity contribution in [1.29, 1.82) is 0 Å². The first-order valence-electron chi connectivity index (χ1n) is 6.67. The lowest BCUT2D eigenvalue weighted by Gasteiger charge is -2.08. The number of nitrogens with one attached hydrogen (secondary N) is 1. The monoisotopic (exact) mass is 342 g/mol. The van der Waals surface area contributed by atoms with Gasteiger partial charge in [0.25, 0.3) is 0 Å². The second-order valence-electron chi connectivity index (χ2n) is 4.80. The number of hydrogen-bond donors (Lipinski definition) is 1. The lowest BCUT2D eigenvalue weighted by molar-refractivity contribution is 0.797. The lowest BCUT2D eigenvalue weighted by atomic mass is 10.1. The average molecular weight is 343 g/mol. The van der Waals surface area contributed by atoms with Gasteiger partial charge in [-0.3, -0.25) is 4.98 Å². The Bertz CT molecular complexity index is 693. The summed E-state index contributed by atoms with van der Waals surface area (Å²) in [6.45, 7) is 1.63. The van der Waals surface area contributed by atoms with Crippen LogP contribution >= 0.6 is 15.9 Å². The van der Waals surface area contributed by atoms with Crippen molar-refractivity contribution in [1.82, 2.24) is 14.5 Å². The first-order chi connectivity index (χ1) is 10.3. The van der Waals surface area contributed by atoms with E-state index in [4.69, 9.17) is 0 Å². The molecule has 0 aliphatic heterocycles. The summed E-state index contributed by atoms with van der Waals surface area (Å²) in [4.78, 5) is 8.18. The molecule has 0 saturated heterocycles. The normalized spacial score (nSPS) is 10.5. The van der Waals surface area contributed by atoms with Gasteiger partial charge in [-0.25, -0.2) is 4.98 Å². The first-order valence-corrected chi connectivity index (χ1v) is 7.47.